The normalized spacial score (nSPS) is 10.6. The van der Waals surface area contributed by atoms with Crippen molar-refractivity contribution in [2.75, 3.05) is 19.0 Å². The molecule has 0 saturated heterocycles. The third-order valence-electron chi connectivity index (χ3n) is 4.28. The molecule has 138 valence electrons. The number of anilines is 1. The van der Waals surface area contributed by atoms with Crippen molar-refractivity contribution >= 4 is 11.7 Å². The SMILES string of the molecule is CN(C)c1ccc(-c2c(O)[nH]c(-c3c(C(=O)O)[nH]n(C)c3=O)c2C#N)cc1. The molecule has 9 heteroatoms. The van der Waals surface area contributed by atoms with Gasteiger partial charge in [-0.25, -0.2) is 4.79 Å². The molecule has 3 rings (SSSR count). The maximum Gasteiger partial charge on any atom is 0.354 e. The number of nitriles is 1. The van der Waals surface area contributed by atoms with Gasteiger partial charge in [-0.1, -0.05) is 12.1 Å². The Hall–Kier alpha value is -3.93. The van der Waals surface area contributed by atoms with E-state index in [-0.39, 0.29) is 34.0 Å². The molecule has 1 aromatic carbocycles. The summed E-state index contributed by atoms with van der Waals surface area (Å²) < 4.78 is 1.00. The lowest BCUT2D eigenvalue weighted by atomic mass is 10.00. The molecule has 0 radical (unpaired) electrons. The summed E-state index contributed by atoms with van der Waals surface area (Å²) in [4.78, 5) is 28.4. The molecule has 0 aliphatic rings. The van der Waals surface area contributed by atoms with Crippen molar-refractivity contribution in [3.8, 4) is 34.3 Å². The average Bonchev–Trinajstić information content (AvgIpc) is 3.11. The van der Waals surface area contributed by atoms with Crippen molar-refractivity contribution < 1.29 is 15.0 Å². The van der Waals surface area contributed by atoms with E-state index in [0.29, 0.717) is 5.56 Å². The Morgan fingerprint density at radius 2 is 1.85 bits per heavy atom. The molecule has 0 aliphatic heterocycles. The van der Waals surface area contributed by atoms with E-state index < -0.39 is 11.5 Å². The van der Waals surface area contributed by atoms with Crippen LogP contribution in [-0.2, 0) is 7.05 Å². The van der Waals surface area contributed by atoms with Crippen molar-refractivity contribution in [1.82, 2.24) is 14.8 Å². The van der Waals surface area contributed by atoms with Gasteiger partial charge in [0.1, 0.15) is 6.07 Å². The minimum atomic E-state index is -1.35. The number of aryl methyl sites for hydroxylation is 1. The van der Waals surface area contributed by atoms with E-state index in [4.69, 9.17) is 0 Å². The molecule has 0 aliphatic carbocycles. The fraction of sp³-hybridized carbons (Fsp3) is 0.167. The first-order valence-corrected chi connectivity index (χ1v) is 7.91. The summed E-state index contributed by atoms with van der Waals surface area (Å²) in [6, 6.07) is 9.07. The number of aromatic nitrogens is 3. The predicted molar refractivity (Wildman–Crippen MR) is 98.9 cm³/mol. The van der Waals surface area contributed by atoms with E-state index in [9.17, 15) is 25.1 Å². The Morgan fingerprint density at radius 1 is 1.22 bits per heavy atom. The van der Waals surface area contributed by atoms with Gasteiger partial charge in [-0.05, 0) is 17.7 Å². The van der Waals surface area contributed by atoms with Crippen LogP contribution in [0, 0.1) is 11.3 Å². The van der Waals surface area contributed by atoms with E-state index >= 15 is 0 Å². The molecule has 9 nitrogen and oxygen atoms in total. The lowest BCUT2D eigenvalue weighted by molar-refractivity contribution is 0.0690. The van der Waals surface area contributed by atoms with E-state index in [1.807, 2.05) is 37.2 Å². The van der Waals surface area contributed by atoms with Crippen LogP contribution in [-0.4, -0.2) is 45.0 Å². The van der Waals surface area contributed by atoms with Crippen molar-refractivity contribution in [1.29, 1.82) is 5.26 Å². The van der Waals surface area contributed by atoms with Gasteiger partial charge in [-0.2, -0.15) is 5.26 Å². The molecule has 0 unspecified atom stereocenters. The standard InChI is InChI=1S/C18H17N5O4/c1-22(2)10-6-4-9(5-7-10)12-11(8-19)14(20-16(12)24)13-15(18(26)27)21-23(3)17(13)25/h4-7,20-21,24H,1-3H3,(H,26,27). The second-order valence-electron chi connectivity index (χ2n) is 6.18. The second kappa shape index (κ2) is 6.42. The molecule has 0 amide bonds. The first-order valence-electron chi connectivity index (χ1n) is 7.91. The molecule has 4 N–H and O–H groups in total. The van der Waals surface area contributed by atoms with Gasteiger partial charge in [0.15, 0.2) is 11.6 Å². The quantitative estimate of drug-likeness (QED) is 0.554. The summed E-state index contributed by atoms with van der Waals surface area (Å²) in [5, 5.41) is 31.8. The van der Waals surface area contributed by atoms with Crippen LogP contribution >= 0.6 is 0 Å². The average molecular weight is 367 g/mol. The number of aromatic hydroxyl groups is 1. The van der Waals surface area contributed by atoms with E-state index in [0.717, 1.165) is 10.4 Å². The zero-order valence-corrected chi connectivity index (χ0v) is 14.9. The highest BCUT2D eigenvalue weighted by molar-refractivity contribution is 5.96. The highest BCUT2D eigenvalue weighted by Crippen LogP contribution is 2.39. The van der Waals surface area contributed by atoms with Crippen LogP contribution in [0.1, 0.15) is 16.1 Å². The largest absolute Gasteiger partial charge is 0.494 e. The van der Waals surface area contributed by atoms with Gasteiger partial charge in [0.05, 0.1) is 22.4 Å². The minimum Gasteiger partial charge on any atom is -0.494 e. The number of hydrogen-bond donors (Lipinski definition) is 4. The smallest absolute Gasteiger partial charge is 0.354 e. The summed E-state index contributed by atoms with van der Waals surface area (Å²) in [6.45, 7) is 0. The van der Waals surface area contributed by atoms with E-state index in [1.165, 1.54) is 7.05 Å². The molecule has 2 heterocycles. The molecule has 27 heavy (non-hydrogen) atoms. The first kappa shape index (κ1) is 17.9. The van der Waals surface area contributed by atoms with Crippen molar-refractivity contribution in [3.05, 3.63) is 45.9 Å². The van der Waals surface area contributed by atoms with Crippen LogP contribution in [0.15, 0.2) is 29.1 Å². The summed E-state index contributed by atoms with van der Waals surface area (Å²) in [5.74, 6) is -1.67. The number of aromatic amines is 2. The maximum atomic E-state index is 12.4. The molecule has 2 aromatic heterocycles. The van der Waals surface area contributed by atoms with Crippen molar-refractivity contribution in [2.45, 2.75) is 0 Å². The number of nitrogens with zero attached hydrogens (tertiary/aromatic N) is 3. The van der Waals surface area contributed by atoms with Gasteiger partial charge in [-0.3, -0.25) is 14.6 Å². The van der Waals surface area contributed by atoms with E-state index in [1.54, 1.807) is 12.1 Å². The Kier molecular flexibility index (Phi) is 4.25. The topological polar surface area (TPSA) is 138 Å². The molecular formula is C18H17N5O4. The summed E-state index contributed by atoms with van der Waals surface area (Å²) >= 11 is 0. The van der Waals surface area contributed by atoms with Crippen LogP contribution in [0.4, 0.5) is 5.69 Å². The van der Waals surface area contributed by atoms with E-state index in [2.05, 4.69) is 10.1 Å². The number of rotatable bonds is 4. The summed E-state index contributed by atoms with van der Waals surface area (Å²) in [7, 11) is 5.14. The number of benzene rings is 1. The van der Waals surface area contributed by atoms with Gasteiger partial charge < -0.3 is 20.1 Å². The van der Waals surface area contributed by atoms with Gasteiger partial charge in [0, 0.05) is 26.8 Å². The molecule has 0 fully saturated rings. The van der Waals surface area contributed by atoms with Gasteiger partial charge in [0.25, 0.3) is 5.56 Å². The predicted octanol–water partition coefficient (Wildman–Crippen LogP) is 1.72. The van der Waals surface area contributed by atoms with Crippen LogP contribution in [0.25, 0.3) is 22.4 Å². The number of nitrogens with one attached hydrogen (secondary N) is 2. The minimum absolute atomic E-state index is 0.00990. The molecule has 0 atom stereocenters. The van der Waals surface area contributed by atoms with Gasteiger partial charge in [-0.15, -0.1) is 0 Å². The van der Waals surface area contributed by atoms with Gasteiger partial charge in [0.2, 0.25) is 0 Å². The van der Waals surface area contributed by atoms with Crippen LogP contribution in [0.3, 0.4) is 0 Å². The van der Waals surface area contributed by atoms with Crippen LogP contribution in [0.2, 0.25) is 0 Å². The third-order valence-corrected chi connectivity index (χ3v) is 4.28. The number of H-pyrrole nitrogens is 2. The van der Waals surface area contributed by atoms with Crippen molar-refractivity contribution in [3.63, 3.8) is 0 Å². The first-order chi connectivity index (χ1) is 12.8. The Balaban J connectivity index is 2.26. The van der Waals surface area contributed by atoms with Crippen molar-refractivity contribution in [2.24, 2.45) is 7.05 Å². The van der Waals surface area contributed by atoms with Crippen LogP contribution < -0.4 is 10.5 Å². The fourth-order valence-electron chi connectivity index (χ4n) is 2.93. The molecule has 0 bridgehead atoms. The number of hydrogen-bond acceptors (Lipinski definition) is 5. The lowest BCUT2D eigenvalue weighted by Crippen LogP contribution is -2.13. The zero-order valence-electron chi connectivity index (χ0n) is 14.9. The Labute approximate surface area is 153 Å². The number of carbonyl (C=O) groups is 1. The lowest BCUT2D eigenvalue weighted by Gasteiger charge is -2.12. The maximum absolute atomic E-state index is 12.4. The monoisotopic (exact) mass is 367 g/mol. The molecular weight excluding hydrogens is 350 g/mol. The number of carboxylic acids is 1. The summed E-state index contributed by atoms with van der Waals surface area (Å²) in [6.07, 6.45) is 0. The van der Waals surface area contributed by atoms with Crippen LogP contribution in [0.5, 0.6) is 5.88 Å². The fourth-order valence-corrected chi connectivity index (χ4v) is 2.93. The number of aromatic carboxylic acids is 1. The third kappa shape index (κ3) is 2.83. The molecule has 0 spiro atoms. The Bertz CT molecular complexity index is 1130. The van der Waals surface area contributed by atoms with Gasteiger partial charge >= 0.3 is 5.97 Å². The zero-order chi connectivity index (χ0) is 19.9. The molecule has 3 aromatic rings. The Morgan fingerprint density at radius 3 is 2.37 bits per heavy atom. The number of carboxylic acid groups (broad SMARTS) is 1. The highest BCUT2D eigenvalue weighted by atomic mass is 16.4. The molecule has 0 saturated carbocycles. The summed E-state index contributed by atoms with van der Waals surface area (Å²) in [5.41, 5.74) is 0.437. The second-order valence-corrected chi connectivity index (χ2v) is 6.18. The highest BCUT2D eigenvalue weighted by Gasteiger charge is 2.27.